The Hall–Kier alpha value is -3.59. The van der Waals surface area contributed by atoms with E-state index in [1.54, 1.807) is 49.6 Å². The van der Waals surface area contributed by atoms with Crippen LogP contribution in [0.5, 0.6) is 17.2 Å². The summed E-state index contributed by atoms with van der Waals surface area (Å²) in [6.45, 7) is 0.415. The van der Waals surface area contributed by atoms with E-state index in [9.17, 15) is 14.4 Å². The Morgan fingerprint density at radius 1 is 1.12 bits per heavy atom. The van der Waals surface area contributed by atoms with E-state index in [0.717, 1.165) is 0 Å². The fraction of sp³-hybridized carbons (Fsp3) is 0.348. The van der Waals surface area contributed by atoms with Crippen LogP contribution in [0.25, 0.3) is 0 Å². The molecule has 0 fully saturated rings. The van der Waals surface area contributed by atoms with Crippen LogP contribution in [0, 0.1) is 0 Å². The summed E-state index contributed by atoms with van der Waals surface area (Å²) >= 11 is 0. The Balaban J connectivity index is 1.69. The lowest BCUT2D eigenvalue weighted by Gasteiger charge is -2.29. The van der Waals surface area contributed by atoms with Crippen molar-refractivity contribution in [1.82, 2.24) is 5.32 Å². The molecule has 1 heterocycles. The third-order valence-electron chi connectivity index (χ3n) is 4.80. The molecule has 0 unspecified atom stereocenters. The van der Waals surface area contributed by atoms with E-state index in [-0.39, 0.29) is 37.4 Å². The Morgan fingerprint density at radius 2 is 1.91 bits per heavy atom. The van der Waals surface area contributed by atoms with Crippen LogP contribution in [0.1, 0.15) is 16.8 Å². The second kappa shape index (κ2) is 11.1. The predicted octanol–water partition coefficient (Wildman–Crippen LogP) is 1.83. The van der Waals surface area contributed by atoms with Crippen molar-refractivity contribution in [2.45, 2.75) is 6.42 Å². The molecule has 170 valence electrons. The lowest BCUT2D eigenvalue weighted by molar-refractivity contribution is -0.125. The maximum Gasteiger partial charge on any atom is 0.265 e. The van der Waals surface area contributed by atoms with Crippen molar-refractivity contribution in [2.75, 3.05) is 52.0 Å². The van der Waals surface area contributed by atoms with E-state index in [2.05, 4.69) is 5.32 Å². The summed E-state index contributed by atoms with van der Waals surface area (Å²) in [6, 6.07) is 11.8. The van der Waals surface area contributed by atoms with Gasteiger partial charge in [-0.3, -0.25) is 19.3 Å². The molecule has 1 N–H and O–H groups in total. The number of carbonyl (C=O) groups is 3. The molecule has 0 radical (unpaired) electrons. The van der Waals surface area contributed by atoms with Gasteiger partial charge in [0.15, 0.2) is 30.5 Å². The molecule has 0 spiro atoms. The minimum Gasteiger partial charge on any atom is -0.493 e. The summed E-state index contributed by atoms with van der Waals surface area (Å²) in [5.41, 5.74) is 0.707. The third-order valence-corrected chi connectivity index (χ3v) is 4.80. The topological polar surface area (TPSA) is 103 Å². The van der Waals surface area contributed by atoms with Crippen LogP contribution in [-0.4, -0.2) is 64.7 Å². The highest BCUT2D eigenvalue weighted by Crippen LogP contribution is 2.33. The van der Waals surface area contributed by atoms with Crippen molar-refractivity contribution in [3.63, 3.8) is 0 Å². The largest absolute Gasteiger partial charge is 0.493 e. The predicted molar refractivity (Wildman–Crippen MR) is 117 cm³/mol. The summed E-state index contributed by atoms with van der Waals surface area (Å²) in [5, 5.41) is 2.75. The van der Waals surface area contributed by atoms with Crippen LogP contribution in [0.15, 0.2) is 42.5 Å². The van der Waals surface area contributed by atoms with Gasteiger partial charge in [0.2, 0.25) is 5.91 Å². The number of Topliss-reactive ketones (excluding diaryl/α,β-unsaturated/α-hetero) is 1. The number of hydrogen-bond acceptors (Lipinski definition) is 7. The molecule has 9 heteroatoms. The number of hydrogen-bond donors (Lipinski definition) is 1. The lowest BCUT2D eigenvalue weighted by atomic mass is 10.1. The standard InChI is InChI=1S/C23H26N2O7/c1-29-11-5-10-24-22(27)13-25-17-12-16(8-9-19(17)32-15-23(25)28)18(26)14-31-21-7-4-3-6-20(21)30-2/h3-4,6-9,12H,5,10-11,13-15H2,1-2H3,(H,24,27). The maximum absolute atomic E-state index is 12.7. The Labute approximate surface area is 186 Å². The van der Waals surface area contributed by atoms with Gasteiger partial charge in [0.1, 0.15) is 12.3 Å². The van der Waals surface area contributed by atoms with Gasteiger partial charge in [-0.25, -0.2) is 0 Å². The average molecular weight is 442 g/mol. The van der Waals surface area contributed by atoms with E-state index >= 15 is 0 Å². The minimum atomic E-state index is -0.362. The first-order valence-corrected chi connectivity index (χ1v) is 10.2. The van der Waals surface area contributed by atoms with Gasteiger partial charge in [-0.05, 0) is 36.8 Å². The molecule has 2 amide bonds. The summed E-state index contributed by atoms with van der Waals surface area (Å²) < 4.78 is 21.2. The van der Waals surface area contributed by atoms with Gasteiger partial charge < -0.3 is 24.3 Å². The number of fused-ring (bicyclic) bond motifs is 1. The van der Waals surface area contributed by atoms with Gasteiger partial charge in [-0.2, -0.15) is 0 Å². The fourth-order valence-electron chi connectivity index (χ4n) is 3.16. The van der Waals surface area contributed by atoms with Gasteiger partial charge in [0.05, 0.1) is 12.8 Å². The van der Waals surface area contributed by atoms with Crippen molar-refractivity contribution in [3.05, 3.63) is 48.0 Å². The van der Waals surface area contributed by atoms with E-state index in [1.807, 2.05) is 0 Å². The second-order valence-corrected chi connectivity index (χ2v) is 7.01. The molecule has 2 aromatic rings. The van der Waals surface area contributed by atoms with Crippen LogP contribution in [0.2, 0.25) is 0 Å². The molecule has 0 aromatic heterocycles. The molecule has 0 aliphatic carbocycles. The number of ether oxygens (including phenoxy) is 4. The highest BCUT2D eigenvalue weighted by atomic mass is 16.5. The first kappa shape index (κ1) is 23.1. The third kappa shape index (κ3) is 5.76. The molecule has 0 saturated carbocycles. The normalized spacial score (nSPS) is 12.6. The minimum absolute atomic E-state index is 0.169. The van der Waals surface area contributed by atoms with Crippen LogP contribution >= 0.6 is 0 Å². The summed E-state index contributed by atoms with van der Waals surface area (Å²) in [5.74, 6) is 0.441. The molecule has 1 aliphatic heterocycles. The number of nitrogens with zero attached hydrogens (tertiary/aromatic N) is 1. The number of nitrogens with one attached hydrogen (secondary N) is 1. The van der Waals surface area contributed by atoms with Crippen LogP contribution in [-0.2, 0) is 14.3 Å². The van der Waals surface area contributed by atoms with Crippen molar-refractivity contribution in [3.8, 4) is 17.2 Å². The number of carbonyl (C=O) groups excluding carboxylic acids is 3. The number of anilines is 1. The van der Waals surface area contributed by atoms with E-state index in [0.29, 0.717) is 48.1 Å². The van der Waals surface area contributed by atoms with E-state index < -0.39 is 0 Å². The van der Waals surface area contributed by atoms with Gasteiger partial charge in [0.25, 0.3) is 5.91 Å². The number of rotatable bonds is 11. The van der Waals surface area contributed by atoms with Crippen LogP contribution < -0.4 is 24.4 Å². The maximum atomic E-state index is 12.7. The molecule has 1 aliphatic rings. The molecule has 0 atom stereocenters. The Morgan fingerprint density at radius 3 is 2.66 bits per heavy atom. The number of para-hydroxylation sites is 2. The summed E-state index contributed by atoms with van der Waals surface area (Å²) in [6.07, 6.45) is 0.667. The number of methoxy groups -OCH3 is 2. The van der Waals surface area contributed by atoms with Crippen LogP contribution in [0.3, 0.4) is 0 Å². The Bertz CT molecular complexity index is 977. The molecule has 3 rings (SSSR count). The lowest BCUT2D eigenvalue weighted by Crippen LogP contribution is -2.45. The molecular weight excluding hydrogens is 416 g/mol. The van der Waals surface area contributed by atoms with Crippen molar-refractivity contribution in [1.29, 1.82) is 0 Å². The fourth-order valence-corrected chi connectivity index (χ4v) is 3.16. The number of ketones is 1. The first-order chi connectivity index (χ1) is 15.5. The molecule has 2 aromatic carbocycles. The van der Waals surface area contributed by atoms with Crippen molar-refractivity contribution >= 4 is 23.3 Å². The second-order valence-electron chi connectivity index (χ2n) is 7.01. The molecule has 32 heavy (non-hydrogen) atoms. The quantitative estimate of drug-likeness (QED) is 0.418. The van der Waals surface area contributed by atoms with Gasteiger partial charge in [-0.1, -0.05) is 12.1 Å². The highest BCUT2D eigenvalue weighted by molar-refractivity contribution is 6.04. The number of benzene rings is 2. The Kier molecular flexibility index (Phi) is 8.04. The van der Waals surface area contributed by atoms with Crippen molar-refractivity contribution in [2.24, 2.45) is 0 Å². The zero-order chi connectivity index (χ0) is 22.9. The van der Waals surface area contributed by atoms with Gasteiger partial charge in [-0.15, -0.1) is 0 Å². The summed E-state index contributed by atoms with van der Waals surface area (Å²) in [7, 11) is 3.11. The number of amides is 2. The van der Waals surface area contributed by atoms with Crippen molar-refractivity contribution < 1.29 is 33.3 Å². The van der Waals surface area contributed by atoms with Gasteiger partial charge in [0, 0.05) is 25.8 Å². The zero-order valence-corrected chi connectivity index (χ0v) is 18.1. The zero-order valence-electron chi connectivity index (χ0n) is 18.1. The van der Waals surface area contributed by atoms with Gasteiger partial charge >= 0.3 is 0 Å². The molecular formula is C23H26N2O7. The first-order valence-electron chi connectivity index (χ1n) is 10.2. The molecule has 0 bridgehead atoms. The molecule has 0 saturated heterocycles. The molecule has 9 nitrogen and oxygen atoms in total. The van der Waals surface area contributed by atoms with E-state index in [4.69, 9.17) is 18.9 Å². The van der Waals surface area contributed by atoms with Crippen LogP contribution in [0.4, 0.5) is 5.69 Å². The van der Waals surface area contributed by atoms with E-state index in [1.165, 1.54) is 12.0 Å². The SMILES string of the molecule is COCCCNC(=O)CN1C(=O)COc2ccc(C(=O)COc3ccccc3OC)cc21. The monoisotopic (exact) mass is 442 g/mol. The highest BCUT2D eigenvalue weighted by Gasteiger charge is 2.28. The smallest absolute Gasteiger partial charge is 0.265 e. The average Bonchev–Trinajstić information content (AvgIpc) is 2.82. The summed E-state index contributed by atoms with van der Waals surface area (Å²) in [4.78, 5) is 38.7.